The lowest BCUT2D eigenvalue weighted by molar-refractivity contribution is -0.141. The molecular weight excluding hydrogens is 356 g/mol. The van der Waals surface area contributed by atoms with Crippen LogP contribution in [0.2, 0.25) is 5.02 Å². The second kappa shape index (κ2) is 7.50. The van der Waals surface area contributed by atoms with Gasteiger partial charge in [0.2, 0.25) is 15.9 Å². The Bertz CT molecular complexity index is 720. The van der Waals surface area contributed by atoms with Crippen molar-refractivity contribution in [3.63, 3.8) is 0 Å². The van der Waals surface area contributed by atoms with Gasteiger partial charge >= 0.3 is 5.97 Å². The van der Waals surface area contributed by atoms with E-state index in [1.165, 1.54) is 31.2 Å². The van der Waals surface area contributed by atoms with Crippen molar-refractivity contribution in [1.29, 1.82) is 0 Å². The maximum Gasteiger partial charge on any atom is 0.306 e. The number of carbonyl (C=O) groups is 2. The van der Waals surface area contributed by atoms with Crippen LogP contribution >= 0.6 is 11.6 Å². The zero-order valence-electron chi connectivity index (χ0n) is 13.0. The first-order chi connectivity index (χ1) is 11.2. The van der Waals surface area contributed by atoms with Crippen LogP contribution in [0.25, 0.3) is 0 Å². The van der Waals surface area contributed by atoms with Crippen LogP contribution in [0, 0.1) is 5.92 Å². The Balaban J connectivity index is 1.94. The summed E-state index contributed by atoms with van der Waals surface area (Å²) in [6.45, 7) is 1.44. The Kier molecular flexibility index (Phi) is 5.84. The third-order valence-corrected chi connectivity index (χ3v) is 5.79. The number of halogens is 1. The smallest absolute Gasteiger partial charge is 0.306 e. The van der Waals surface area contributed by atoms with Gasteiger partial charge in [0.05, 0.1) is 16.9 Å². The molecule has 0 saturated heterocycles. The van der Waals surface area contributed by atoms with E-state index in [1.807, 2.05) is 0 Å². The Morgan fingerprint density at radius 1 is 1.25 bits per heavy atom. The summed E-state index contributed by atoms with van der Waals surface area (Å²) < 4.78 is 26.8. The number of rotatable bonds is 6. The number of aliphatic carboxylic acids is 1. The zero-order chi connectivity index (χ0) is 17.9. The van der Waals surface area contributed by atoms with E-state index in [1.54, 1.807) is 0 Å². The molecule has 1 aromatic rings. The largest absolute Gasteiger partial charge is 0.481 e. The number of hydrogen-bond donors (Lipinski definition) is 3. The lowest BCUT2D eigenvalue weighted by Crippen LogP contribution is -2.47. The predicted molar refractivity (Wildman–Crippen MR) is 88.1 cm³/mol. The average molecular weight is 375 g/mol. The molecule has 132 valence electrons. The minimum Gasteiger partial charge on any atom is -0.481 e. The predicted octanol–water partition coefficient (Wildman–Crippen LogP) is 1.38. The first kappa shape index (κ1) is 18.7. The van der Waals surface area contributed by atoms with Crippen LogP contribution in [0.15, 0.2) is 29.2 Å². The summed E-state index contributed by atoms with van der Waals surface area (Å²) in [6.07, 6.45) is 1.43. The van der Waals surface area contributed by atoms with Gasteiger partial charge in [-0.05, 0) is 50.5 Å². The quantitative estimate of drug-likeness (QED) is 0.696. The third kappa shape index (κ3) is 4.68. The highest BCUT2D eigenvalue weighted by Crippen LogP contribution is 2.25. The van der Waals surface area contributed by atoms with Crippen molar-refractivity contribution in [1.82, 2.24) is 10.0 Å². The van der Waals surface area contributed by atoms with E-state index in [0.717, 1.165) is 0 Å². The molecule has 0 spiro atoms. The highest BCUT2D eigenvalue weighted by Gasteiger charge is 2.32. The van der Waals surface area contributed by atoms with E-state index in [2.05, 4.69) is 10.0 Å². The van der Waals surface area contributed by atoms with Crippen molar-refractivity contribution < 1.29 is 23.1 Å². The van der Waals surface area contributed by atoms with Crippen molar-refractivity contribution in [3.05, 3.63) is 29.3 Å². The average Bonchev–Trinajstić information content (AvgIpc) is 2.96. The van der Waals surface area contributed by atoms with Crippen molar-refractivity contribution in [2.24, 2.45) is 5.92 Å². The molecular formula is C15H19ClN2O5S. The first-order valence-corrected chi connectivity index (χ1v) is 9.36. The summed E-state index contributed by atoms with van der Waals surface area (Å²) in [5.41, 5.74) is 0. The SMILES string of the molecule is CC(NS(=O)(=O)c1ccc(Cl)cc1)C(=O)N[C@@H]1CC[C@H](C(=O)O)C1. The maximum absolute atomic E-state index is 12.2. The van der Waals surface area contributed by atoms with Crippen molar-refractivity contribution >= 4 is 33.5 Å². The van der Waals surface area contributed by atoms with Crippen LogP contribution in [0.5, 0.6) is 0 Å². The molecule has 1 saturated carbocycles. The molecule has 1 fully saturated rings. The van der Waals surface area contributed by atoms with Gasteiger partial charge in [-0.3, -0.25) is 9.59 Å². The normalized spacial score (nSPS) is 22.1. The molecule has 1 aliphatic carbocycles. The molecule has 0 heterocycles. The minimum absolute atomic E-state index is 0.0124. The summed E-state index contributed by atoms with van der Waals surface area (Å²) in [6, 6.07) is 4.38. The Hall–Kier alpha value is -1.64. The molecule has 0 bridgehead atoms. The maximum atomic E-state index is 12.2. The van der Waals surface area contributed by atoms with E-state index < -0.39 is 33.9 Å². The number of hydrogen-bond acceptors (Lipinski definition) is 4. The molecule has 9 heteroatoms. The van der Waals surface area contributed by atoms with Gasteiger partial charge in [-0.2, -0.15) is 4.72 Å². The number of carboxylic acid groups (broad SMARTS) is 1. The zero-order valence-corrected chi connectivity index (χ0v) is 14.6. The van der Waals surface area contributed by atoms with Gasteiger partial charge in [-0.15, -0.1) is 0 Å². The van der Waals surface area contributed by atoms with Crippen molar-refractivity contribution in [2.45, 2.75) is 43.2 Å². The Morgan fingerprint density at radius 3 is 2.42 bits per heavy atom. The number of amides is 1. The Morgan fingerprint density at radius 2 is 1.88 bits per heavy atom. The van der Waals surface area contributed by atoms with Crippen LogP contribution in [0.4, 0.5) is 0 Å². The molecule has 3 N–H and O–H groups in total. The van der Waals surface area contributed by atoms with Gasteiger partial charge in [0.25, 0.3) is 0 Å². The van der Waals surface area contributed by atoms with Gasteiger partial charge in [0.1, 0.15) is 0 Å². The topological polar surface area (TPSA) is 113 Å². The number of sulfonamides is 1. The summed E-state index contributed by atoms with van der Waals surface area (Å²) >= 11 is 5.73. The van der Waals surface area contributed by atoms with Crippen LogP contribution in [-0.2, 0) is 19.6 Å². The number of carbonyl (C=O) groups excluding carboxylic acids is 1. The van der Waals surface area contributed by atoms with E-state index in [4.69, 9.17) is 16.7 Å². The molecule has 1 unspecified atom stereocenters. The molecule has 2 rings (SSSR count). The van der Waals surface area contributed by atoms with Crippen LogP contribution < -0.4 is 10.0 Å². The molecule has 1 aliphatic rings. The Labute approximate surface area is 145 Å². The van der Waals surface area contributed by atoms with E-state index in [0.29, 0.717) is 24.3 Å². The second-order valence-electron chi connectivity index (χ2n) is 5.85. The first-order valence-electron chi connectivity index (χ1n) is 7.50. The summed E-state index contributed by atoms with van der Waals surface area (Å²) in [5.74, 6) is -1.82. The van der Waals surface area contributed by atoms with E-state index in [-0.39, 0.29) is 10.9 Å². The molecule has 0 radical (unpaired) electrons. The fraction of sp³-hybridized carbons (Fsp3) is 0.467. The summed E-state index contributed by atoms with van der Waals surface area (Å²) in [5, 5.41) is 12.1. The van der Waals surface area contributed by atoms with E-state index >= 15 is 0 Å². The van der Waals surface area contributed by atoms with Crippen LogP contribution in [0.3, 0.4) is 0 Å². The standard InChI is InChI=1S/C15H19ClN2O5S/c1-9(14(19)17-12-5-2-10(8-12)15(20)21)18-24(22,23)13-6-3-11(16)4-7-13/h3-4,6-7,9-10,12,18H,2,5,8H2,1H3,(H,17,19)(H,20,21)/t9?,10-,12+/m0/s1. The fourth-order valence-corrected chi connectivity index (χ4v) is 3.96. The van der Waals surface area contributed by atoms with Crippen molar-refractivity contribution in [3.8, 4) is 0 Å². The fourth-order valence-electron chi connectivity index (χ4n) is 2.63. The monoisotopic (exact) mass is 374 g/mol. The second-order valence-corrected chi connectivity index (χ2v) is 8.00. The van der Waals surface area contributed by atoms with E-state index in [9.17, 15) is 18.0 Å². The number of nitrogens with one attached hydrogen (secondary N) is 2. The van der Waals surface area contributed by atoms with Gasteiger partial charge in [-0.25, -0.2) is 8.42 Å². The number of carboxylic acids is 1. The van der Waals surface area contributed by atoms with Crippen molar-refractivity contribution in [2.75, 3.05) is 0 Å². The van der Waals surface area contributed by atoms with Gasteiger partial charge < -0.3 is 10.4 Å². The van der Waals surface area contributed by atoms with Gasteiger partial charge in [0, 0.05) is 11.1 Å². The highest BCUT2D eigenvalue weighted by molar-refractivity contribution is 7.89. The molecule has 1 aromatic carbocycles. The molecule has 1 amide bonds. The molecule has 0 aliphatic heterocycles. The summed E-state index contributed by atoms with van der Waals surface area (Å²) in [7, 11) is -3.84. The molecule has 7 nitrogen and oxygen atoms in total. The summed E-state index contributed by atoms with van der Waals surface area (Å²) in [4.78, 5) is 23.1. The number of benzene rings is 1. The minimum atomic E-state index is -3.84. The van der Waals surface area contributed by atoms with Gasteiger partial charge in [0.15, 0.2) is 0 Å². The van der Waals surface area contributed by atoms with Crippen LogP contribution in [-0.4, -0.2) is 37.5 Å². The van der Waals surface area contributed by atoms with Crippen LogP contribution in [0.1, 0.15) is 26.2 Å². The lowest BCUT2D eigenvalue weighted by Gasteiger charge is -2.18. The highest BCUT2D eigenvalue weighted by atomic mass is 35.5. The van der Waals surface area contributed by atoms with Gasteiger partial charge in [-0.1, -0.05) is 11.6 Å². The third-order valence-electron chi connectivity index (χ3n) is 3.98. The lowest BCUT2D eigenvalue weighted by atomic mass is 10.1. The molecule has 3 atom stereocenters. The molecule has 24 heavy (non-hydrogen) atoms. The molecule has 0 aromatic heterocycles.